The van der Waals surface area contributed by atoms with E-state index in [1.165, 1.54) is 0 Å². The summed E-state index contributed by atoms with van der Waals surface area (Å²) >= 11 is 3.37. The average molecular weight is 386 g/mol. The quantitative estimate of drug-likeness (QED) is 0.650. The molecule has 0 atom stereocenters. The van der Waals surface area contributed by atoms with Crippen LogP contribution in [0.5, 0.6) is 0 Å². The van der Waals surface area contributed by atoms with Gasteiger partial charge in [0.05, 0.1) is 0 Å². The van der Waals surface area contributed by atoms with Crippen LogP contribution in [-0.2, 0) is 0 Å². The van der Waals surface area contributed by atoms with E-state index in [1.807, 2.05) is 38.1 Å². The highest BCUT2D eigenvalue weighted by Gasteiger charge is 2.16. The predicted octanol–water partition coefficient (Wildman–Crippen LogP) is 4.93. The number of para-hydroxylation sites is 1. The van der Waals surface area contributed by atoms with Gasteiger partial charge < -0.3 is 9.73 Å². The van der Waals surface area contributed by atoms with Crippen molar-refractivity contribution < 1.29 is 9.21 Å². The summed E-state index contributed by atoms with van der Waals surface area (Å²) in [4.78, 5) is 24.7. The van der Waals surface area contributed by atoms with Gasteiger partial charge in [0.1, 0.15) is 11.1 Å². The highest BCUT2D eigenvalue weighted by atomic mass is 79.9. The van der Waals surface area contributed by atoms with E-state index in [0.29, 0.717) is 16.7 Å². The molecule has 1 amide bonds. The van der Waals surface area contributed by atoms with E-state index in [4.69, 9.17) is 4.42 Å². The van der Waals surface area contributed by atoms with E-state index in [0.717, 1.165) is 10.0 Å². The Bertz CT molecular complexity index is 976. The molecular weight excluding hydrogens is 370 g/mol. The van der Waals surface area contributed by atoms with Gasteiger partial charge in [-0.1, -0.05) is 48.0 Å². The zero-order valence-electron chi connectivity index (χ0n) is 13.3. The second-order valence-corrected chi connectivity index (χ2v) is 6.74. The molecule has 0 aliphatic carbocycles. The van der Waals surface area contributed by atoms with Crippen LogP contribution in [0.15, 0.2) is 62.2 Å². The van der Waals surface area contributed by atoms with Crippen molar-refractivity contribution >= 4 is 38.5 Å². The van der Waals surface area contributed by atoms with Crippen LogP contribution in [0, 0.1) is 0 Å². The smallest absolute Gasteiger partial charge is 0.349 e. The Labute approximate surface area is 147 Å². The van der Waals surface area contributed by atoms with Gasteiger partial charge in [-0.2, -0.15) is 0 Å². The van der Waals surface area contributed by atoms with E-state index < -0.39 is 11.5 Å². The van der Waals surface area contributed by atoms with Gasteiger partial charge in [0, 0.05) is 15.5 Å². The van der Waals surface area contributed by atoms with Crippen molar-refractivity contribution in [2.75, 3.05) is 5.32 Å². The summed E-state index contributed by atoms with van der Waals surface area (Å²) in [5, 5.41) is 3.50. The van der Waals surface area contributed by atoms with Gasteiger partial charge in [0.2, 0.25) is 0 Å². The molecule has 3 aromatic rings. The van der Waals surface area contributed by atoms with Crippen LogP contribution in [0.1, 0.15) is 35.7 Å². The molecule has 5 heteroatoms. The van der Waals surface area contributed by atoms with E-state index in [2.05, 4.69) is 21.2 Å². The van der Waals surface area contributed by atoms with E-state index in [9.17, 15) is 9.59 Å². The first-order chi connectivity index (χ1) is 11.5. The topological polar surface area (TPSA) is 59.3 Å². The molecule has 0 saturated carbocycles. The number of amides is 1. The van der Waals surface area contributed by atoms with Gasteiger partial charge in [0.15, 0.2) is 0 Å². The molecule has 1 heterocycles. The molecule has 0 saturated heterocycles. The summed E-state index contributed by atoms with van der Waals surface area (Å²) < 4.78 is 6.09. The van der Waals surface area contributed by atoms with Gasteiger partial charge in [0.25, 0.3) is 5.91 Å². The molecule has 0 unspecified atom stereocenters. The molecule has 0 fully saturated rings. The first kappa shape index (κ1) is 16.5. The summed E-state index contributed by atoms with van der Waals surface area (Å²) in [5.74, 6) is -0.218. The molecule has 0 radical (unpaired) electrons. The van der Waals surface area contributed by atoms with E-state index >= 15 is 0 Å². The number of nitrogens with one attached hydrogen (secondary N) is 1. The monoisotopic (exact) mass is 385 g/mol. The molecule has 3 rings (SSSR count). The minimum absolute atomic E-state index is 0.0147. The highest BCUT2D eigenvalue weighted by Crippen LogP contribution is 2.24. The fourth-order valence-corrected chi connectivity index (χ4v) is 2.94. The lowest BCUT2D eigenvalue weighted by Crippen LogP contribution is -2.21. The number of benzene rings is 2. The Kier molecular flexibility index (Phi) is 4.53. The maximum atomic E-state index is 12.6. The molecule has 0 aliphatic heterocycles. The summed E-state index contributed by atoms with van der Waals surface area (Å²) in [6.07, 6.45) is 0. The number of fused-ring (bicyclic) bond motifs is 1. The minimum atomic E-state index is -0.649. The Morgan fingerprint density at radius 1 is 1.12 bits per heavy atom. The molecule has 1 aromatic heterocycles. The summed E-state index contributed by atoms with van der Waals surface area (Å²) in [5.41, 5.74) is 1.50. The van der Waals surface area contributed by atoms with Crippen LogP contribution >= 0.6 is 15.9 Å². The molecular formula is C19H16BrNO3. The number of carbonyl (C=O) groups is 1. The van der Waals surface area contributed by atoms with Crippen LogP contribution in [0.2, 0.25) is 0 Å². The third-order valence-electron chi connectivity index (χ3n) is 3.77. The number of hydrogen-bond acceptors (Lipinski definition) is 3. The molecule has 4 nitrogen and oxygen atoms in total. The highest BCUT2D eigenvalue weighted by molar-refractivity contribution is 9.10. The van der Waals surface area contributed by atoms with E-state index in [-0.39, 0.29) is 11.5 Å². The Morgan fingerprint density at radius 3 is 2.62 bits per heavy atom. The SMILES string of the molecule is CC(C)c1ccccc1NC(=O)c1cc2cc(Br)ccc2oc1=O. The standard InChI is InChI=1S/C19H16BrNO3/c1-11(2)14-5-3-4-6-16(14)21-18(22)15-10-12-9-13(20)7-8-17(12)24-19(15)23/h3-11H,1-2H3,(H,21,22). The number of anilines is 1. The first-order valence-electron chi connectivity index (χ1n) is 7.59. The van der Waals surface area contributed by atoms with Crippen molar-refractivity contribution in [3.63, 3.8) is 0 Å². The van der Waals surface area contributed by atoms with Crippen LogP contribution in [0.25, 0.3) is 11.0 Å². The summed E-state index contributed by atoms with van der Waals surface area (Å²) in [7, 11) is 0. The molecule has 24 heavy (non-hydrogen) atoms. The zero-order chi connectivity index (χ0) is 17.3. The van der Waals surface area contributed by atoms with Gasteiger partial charge in [-0.3, -0.25) is 4.79 Å². The van der Waals surface area contributed by atoms with Crippen molar-refractivity contribution in [2.24, 2.45) is 0 Å². The lowest BCUT2D eigenvalue weighted by atomic mass is 10.0. The van der Waals surface area contributed by atoms with E-state index in [1.54, 1.807) is 24.3 Å². The molecule has 122 valence electrons. The summed E-state index contributed by atoms with van der Waals surface area (Å²) in [6.45, 7) is 4.10. The van der Waals surface area contributed by atoms with Crippen LogP contribution < -0.4 is 10.9 Å². The first-order valence-corrected chi connectivity index (χ1v) is 8.38. The summed E-state index contributed by atoms with van der Waals surface area (Å²) in [6, 6.07) is 14.4. The fraction of sp³-hybridized carbons (Fsp3) is 0.158. The Balaban J connectivity index is 2.00. The maximum Gasteiger partial charge on any atom is 0.349 e. The molecule has 0 bridgehead atoms. The van der Waals surface area contributed by atoms with Crippen LogP contribution in [0.3, 0.4) is 0 Å². The van der Waals surface area contributed by atoms with Crippen LogP contribution in [0.4, 0.5) is 5.69 Å². The number of halogens is 1. The third-order valence-corrected chi connectivity index (χ3v) is 4.26. The van der Waals surface area contributed by atoms with Crippen molar-refractivity contribution in [1.29, 1.82) is 0 Å². The van der Waals surface area contributed by atoms with Gasteiger partial charge in [-0.25, -0.2) is 4.79 Å². The predicted molar refractivity (Wildman–Crippen MR) is 98.7 cm³/mol. The molecule has 1 N–H and O–H groups in total. The molecule has 0 aliphatic rings. The Hall–Kier alpha value is -2.40. The number of hydrogen-bond donors (Lipinski definition) is 1. The normalized spacial score (nSPS) is 11.0. The van der Waals surface area contributed by atoms with Crippen molar-refractivity contribution in [1.82, 2.24) is 0 Å². The molecule has 0 spiro atoms. The minimum Gasteiger partial charge on any atom is -0.422 e. The Morgan fingerprint density at radius 2 is 1.88 bits per heavy atom. The second-order valence-electron chi connectivity index (χ2n) is 5.83. The zero-order valence-corrected chi connectivity index (χ0v) is 14.9. The maximum absolute atomic E-state index is 12.6. The average Bonchev–Trinajstić information content (AvgIpc) is 2.54. The van der Waals surface area contributed by atoms with Gasteiger partial charge in [-0.05, 0) is 41.8 Å². The third kappa shape index (κ3) is 3.26. The number of carbonyl (C=O) groups excluding carboxylic acids is 1. The largest absolute Gasteiger partial charge is 0.422 e. The molecule has 2 aromatic carbocycles. The van der Waals surface area contributed by atoms with Crippen molar-refractivity contribution in [2.45, 2.75) is 19.8 Å². The van der Waals surface area contributed by atoms with Crippen molar-refractivity contribution in [3.05, 3.63) is 74.6 Å². The van der Waals surface area contributed by atoms with Gasteiger partial charge >= 0.3 is 5.63 Å². The lowest BCUT2D eigenvalue weighted by Gasteiger charge is -2.13. The fourth-order valence-electron chi connectivity index (χ4n) is 2.56. The lowest BCUT2D eigenvalue weighted by molar-refractivity contribution is 0.102. The van der Waals surface area contributed by atoms with Crippen LogP contribution in [-0.4, -0.2) is 5.91 Å². The van der Waals surface area contributed by atoms with Crippen molar-refractivity contribution in [3.8, 4) is 0 Å². The van der Waals surface area contributed by atoms with Gasteiger partial charge in [-0.15, -0.1) is 0 Å². The number of rotatable bonds is 3. The second kappa shape index (κ2) is 6.61.